The van der Waals surface area contributed by atoms with Crippen LogP contribution in [0.3, 0.4) is 0 Å². The zero-order valence-corrected chi connectivity index (χ0v) is 11.3. The lowest BCUT2D eigenvalue weighted by Crippen LogP contribution is -2.43. The first-order valence-electron chi connectivity index (χ1n) is 5.72. The minimum atomic E-state index is -1.12. The molecule has 2 N–H and O–H groups in total. The number of carboxylic acids is 1. The van der Waals surface area contributed by atoms with Gasteiger partial charge in [0.15, 0.2) is 0 Å². The number of amides is 2. The van der Waals surface area contributed by atoms with Crippen LogP contribution in [0.1, 0.15) is 0 Å². The van der Waals surface area contributed by atoms with Gasteiger partial charge >= 0.3 is 17.7 Å². The molecule has 10 heteroatoms. The normalized spacial score (nSPS) is 17.6. The number of halogens is 1. The van der Waals surface area contributed by atoms with Crippen LogP contribution in [0.4, 0.5) is 20.6 Å². The van der Waals surface area contributed by atoms with Crippen molar-refractivity contribution in [1.82, 2.24) is 4.90 Å². The van der Waals surface area contributed by atoms with Gasteiger partial charge in [-0.1, -0.05) is 0 Å². The van der Waals surface area contributed by atoms with Crippen LogP contribution >= 0.6 is 11.8 Å². The largest absolute Gasteiger partial charge is 0.480 e. The lowest BCUT2D eigenvalue weighted by Gasteiger charge is -2.20. The van der Waals surface area contributed by atoms with Crippen LogP contribution in [0.2, 0.25) is 0 Å². The first-order chi connectivity index (χ1) is 9.90. The first kappa shape index (κ1) is 15.0. The maximum absolute atomic E-state index is 13.4. The molecule has 8 nitrogen and oxygen atoms in total. The number of rotatable bonds is 3. The van der Waals surface area contributed by atoms with E-state index < -0.39 is 34.5 Å². The molecule has 1 atom stereocenters. The van der Waals surface area contributed by atoms with Gasteiger partial charge in [-0.25, -0.2) is 9.59 Å². The van der Waals surface area contributed by atoms with Gasteiger partial charge in [0, 0.05) is 23.6 Å². The van der Waals surface area contributed by atoms with Crippen LogP contribution < -0.4 is 5.32 Å². The highest BCUT2D eigenvalue weighted by molar-refractivity contribution is 7.99. The summed E-state index contributed by atoms with van der Waals surface area (Å²) in [6, 6.07) is 1.28. The average Bonchev–Trinajstić information content (AvgIpc) is 2.87. The minimum absolute atomic E-state index is 0.0177. The molecule has 0 radical (unpaired) electrons. The van der Waals surface area contributed by atoms with Crippen LogP contribution in [0.15, 0.2) is 18.2 Å². The van der Waals surface area contributed by atoms with E-state index in [4.69, 9.17) is 5.11 Å². The topological polar surface area (TPSA) is 113 Å². The lowest BCUT2D eigenvalue weighted by molar-refractivity contribution is -0.387. The number of nitrogens with one attached hydrogen (secondary N) is 1. The molecular weight excluding hydrogens is 305 g/mol. The Balaban J connectivity index is 2.11. The molecule has 1 aromatic rings. The third-order valence-electron chi connectivity index (χ3n) is 2.82. The number of hydrogen-bond acceptors (Lipinski definition) is 5. The van der Waals surface area contributed by atoms with Crippen molar-refractivity contribution in [2.24, 2.45) is 0 Å². The summed E-state index contributed by atoms with van der Waals surface area (Å²) < 4.78 is 13.4. The van der Waals surface area contributed by atoms with E-state index in [-0.39, 0.29) is 17.3 Å². The number of nitrogens with zero attached hydrogens (tertiary/aromatic N) is 2. The Hall–Kier alpha value is -2.36. The van der Waals surface area contributed by atoms with Crippen LogP contribution in [0.25, 0.3) is 0 Å². The second-order valence-corrected chi connectivity index (χ2v) is 5.18. The Bertz CT molecular complexity index is 612. The van der Waals surface area contributed by atoms with Crippen molar-refractivity contribution >= 4 is 35.1 Å². The molecular formula is C11H10FN3O5S. The summed E-state index contributed by atoms with van der Waals surface area (Å²) in [6.07, 6.45) is 0. The van der Waals surface area contributed by atoms with E-state index >= 15 is 0 Å². The van der Waals surface area contributed by atoms with E-state index in [1.54, 1.807) is 0 Å². The third-order valence-corrected chi connectivity index (χ3v) is 3.84. The van der Waals surface area contributed by atoms with Crippen molar-refractivity contribution in [2.75, 3.05) is 16.9 Å². The molecule has 0 spiro atoms. The van der Waals surface area contributed by atoms with E-state index in [1.807, 2.05) is 0 Å². The molecule has 21 heavy (non-hydrogen) atoms. The second-order valence-electron chi connectivity index (χ2n) is 4.18. The second kappa shape index (κ2) is 5.95. The molecule has 0 unspecified atom stereocenters. The Kier molecular flexibility index (Phi) is 4.26. The summed E-state index contributed by atoms with van der Waals surface area (Å²) in [6.45, 7) is 0. The number of benzene rings is 1. The third kappa shape index (κ3) is 3.21. The zero-order chi connectivity index (χ0) is 15.6. The molecule has 2 rings (SSSR count). The number of hydrogen-bond donors (Lipinski definition) is 2. The maximum Gasteiger partial charge on any atom is 0.327 e. The van der Waals surface area contributed by atoms with Gasteiger partial charge in [-0.2, -0.15) is 4.39 Å². The summed E-state index contributed by atoms with van der Waals surface area (Å²) in [5.74, 6) is -1.72. The molecule has 0 saturated carbocycles. The Morgan fingerprint density at radius 3 is 2.81 bits per heavy atom. The van der Waals surface area contributed by atoms with Crippen molar-refractivity contribution in [3.05, 3.63) is 34.1 Å². The van der Waals surface area contributed by atoms with Crippen molar-refractivity contribution < 1.29 is 24.0 Å². The van der Waals surface area contributed by atoms with Crippen LogP contribution in [-0.4, -0.2) is 44.6 Å². The fourth-order valence-electron chi connectivity index (χ4n) is 1.78. The number of carboxylic acid groups (broad SMARTS) is 1. The monoisotopic (exact) mass is 315 g/mol. The molecule has 1 saturated heterocycles. The Morgan fingerprint density at radius 1 is 1.52 bits per heavy atom. The molecule has 1 heterocycles. The Morgan fingerprint density at radius 2 is 2.24 bits per heavy atom. The van der Waals surface area contributed by atoms with Crippen molar-refractivity contribution in [3.63, 3.8) is 0 Å². The number of nitro groups is 1. The van der Waals surface area contributed by atoms with Crippen LogP contribution in [0, 0.1) is 15.9 Å². The van der Waals surface area contributed by atoms with Crippen LogP contribution in [0.5, 0.6) is 0 Å². The highest BCUT2D eigenvalue weighted by Crippen LogP contribution is 2.24. The van der Waals surface area contributed by atoms with Gasteiger partial charge in [-0.3, -0.25) is 10.1 Å². The molecule has 1 fully saturated rings. The fourth-order valence-corrected chi connectivity index (χ4v) is 2.92. The van der Waals surface area contributed by atoms with E-state index in [0.717, 1.165) is 17.0 Å². The number of urea groups is 1. The van der Waals surface area contributed by atoms with Gasteiger partial charge in [0.2, 0.25) is 5.82 Å². The van der Waals surface area contributed by atoms with Crippen LogP contribution in [-0.2, 0) is 4.79 Å². The first-order valence-corrected chi connectivity index (χ1v) is 6.87. The van der Waals surface area contributed by atoms with Gasteiger partial charge in [0.25, 0.3) is 0 Å². The summed E-state index contributed by atoms with van der Waals surface area (Å²) in [7, 11) is 0. The van der Waals surface area contributed by atoms with Gasteiger partial charge in [0.05, 0.1) is 10.8 Å². The maximum atomic E-state index is 13.4. The van der Waals surface area contributed by atoms with Gasteiger partial charge < -0.3 is 15.3 Å². The lowest BCUT2D eigenvalue weighted by atomic mass is 10.2. The molecule has 0 aromatic heterocycles. The summed E-state index contributed by atoms with van der Waals surface area (Å²) >= 11 is 1.29. The number of thioether (sulfide) groups is 1. The minimum Gasteiger partial charge on any atom is -0.480 e. The summed E-state index contributed by atoms with van der Waals surface area (Å²) in [5, 5.41) is 21.8. The van der Waals surface area contributed by atoms with Gasteiger partial charge in [0.1, 0.15) is 6.04 Å². The Labute approximate surface area is 122 Å². The molecule has 0 aliphatic carbocycles. The zero-order valence-electron chi connectivity index (χ0n) is 10.5. The number of anilines is 1. The van der Waals surface area contributed by atoms with E-state index in [0.29, 0.717) is 0 Å². The molecule has 1 aliphatic rings. The van der Waals surface area contributed by atoms with Gasteiger partial charge in [-0.05, 0) is 6.07 Å². The molecule has 1 aliphatic heterocycles. The number of nitro benzene ring substituents is 1. The summed E-state index contributed by atoms with van der Waals surface area (Å²) in [5.41, 5.74) is -0.683. The molecule has 112 valence electrons. The van der Waals surface area contributed by atoms with E-state index in [1.165, 1.54) is 17.8 Å². The molecule has 2 amide bonds. The predicted octanol–water partition coefficient (Wildman–Crippen LogP) is 1.73. The highest BCUT2D eigenvalue weighted by atomic mass is 32.2. The van der Waals surface area contributed by atoms with Gasteiger partial charge in [-0.15, -0.1) is 11.8 Å². The number of aliphatic carboxylic acids is 1. The SMILES string of the molecule is O=C(O)[C@@H]1CSCN1C(=O)Nc1ccc([N+](=O)[O-])c(F)c1. The van der Waals surface area contributed by atoms with Crippen molar-refractivity contribution in [2.45, 2.75) is 6.04 Å². The van der Waals surface area contributed by atoms with E-state index in [9.17, 15) is 24.1 Å². The quantitative estimate of drug-likeness (QED) is 0.648. The van der Waals surface area contributed by atoms with Crippen molar-refractivity contribution in [3.8, 4) is 0 Å². The number of carbonyl (C=O) groups excluding carboxylic acids is 1. The summed E-state index contributed by atoms with van der Waals surface area (Å²) in [4.78, 5) is 33.6. The van der Waals surface area contributed by atoms with Crippen molar-refractivity contribution in [1.29, 1.82) is 0 Å². The highest BCUT2D eigenvalue weighted by Gasteiger charge is 2.34. The van der Waals surface area contributed by atoms with E-state index in [2.05, 4.69) is 5.32 Å². The predicted molar refractivity (Wildman–Crippen MR) is 72.7 cm³/mol. The average molecular weight is 315 g/mol. The standard InChI is InChI=1S/C11H10FN3O5S/c12-7-3-6(1-2-8(7)15(19)20)13-11(18)14-5-21-4-9(14)10(16)17/h1-3,9H,4-5H2,(H,13,18)(H,16,17)/t9-/m0/s1. The number of carbonyl (C=O) groups is 2. The molecule has 0 bridgehead atoms. The smallest absolute Gasteiger partial charge is 0.327 e. The fraction of sp³-hybridized carbons (Fsp3) is 0.273. The molecule has 1 aromatic carbocycles.